The van der Waals surface area contributed by atoms with Crippen LogP contribution in [0.1, 0.15) is 30.7 Å². The number of nitrogens with one attached hydrogen (secondary N) is 2. The first-order valence-corrected chi connectivity index (χ1v) is 9.14. The lowest BCUT2D eigenvalue weighted by Gasteiger charge is -2.42. The van der Waals surface area contributed by atoms with Crippen molar-refractivity contribution >= 4 is 5.91 Å². The van der Waals surface area contributed by atoms with Crippen LogP contribution in [0.4, 0.5) is 13.2 Å². The minimum absolute atomic E-state index is 0.00384. The first-order valence-electron chi connectivity index (χ1n) is 9.14. The Balaban J connectivity index is 1.81. The fourth-order valence-corrected chi connectivity index (χ4v) is 4.17. The number of halogens is 3. The molecule has 1 saturated heterocycles. The van der Waals surface area contributed by atoms with Crippen LogP contribution in [0.15, 0.2) is 30.3 Å². The van der Waals surface area contributed by atoms with Gasteiger partial charge in [-0.15, -0.1) is 0 Å². The zero-order chi connectivity index (χ0) is 18.8. The Morgan fingerprint density at radius 3 is 2.50 bits per heavy atom. The second-order valence-electron chi connectivity index (χ2n) is 7.53. The number of rotatable bonds is 6. The van der Waals surface area contributed by atoms with Crippen molar-refractivity contribution in [1.29, 1.82) is 0 Å². The summed E-state index contributed by atoms with van der Waals surface area (Å²) in [6, 6.07) is 9.14. The van der Waals surface area contributed by atoms with Crippen molar-refractivity contribution in [3.63, 3.8) is 0 Å². The number of carbonyl (C=O) groups is 1. The molecule has 144 valence electrons. The second-order valence-corrected chi connectivity index (χ2v) is 7.53. The lowest BCUT2D eigenvalue weighted by molar-refractivity contribution is -0.188. The Labute approximate surface area is 152 Å². The Morgan fingerprint density at radius 1 is 1.27 bits per heavy atom. The van der Waals surface area contributed by atoms with Gasteiger partial charge < -0.3 is 15.5 Å². The van der Waals surface area contributed by atoms with E-state index in [2.05, 4.69) is 10.6 Å². The lowest BCUT2D eigenvalue weighted by atomic mass is 9.78. The monoisotopic (exact) mass is 369 g/mol. The lowest BCUT2D eigenvalue weighted by Crippen LogP contribution is -2.53. The zero-order valence-corrected chi connectivity index (χ0v) is 15.0. The third kappa shape index (κ3) is 4.20. The topological polar surface area (TPSA) is 44.4 Å². The summed E-state index contributed by atoms with van der Waals surface area (Å²) in [7, 11) is 1.81. The molecule has 2 unspecified atom stereocenters. The molecule has 0 aromatic heterocycles. The number of alkyl halides is 3. The van der Waals surface area contributed by atoms with Crippen LogP contribution in [0.3, 0.4) is 0 Å². The maximum absolute atomic E-state index is 13.3. The molecule has 0 spiro atoms. The molecule has 1 aromatic carbocycles. The third-order valence-corrected chi connectivity index (χ3v) is 5.61. The number of amides is 1. The summed E-state index contributed by atoms with van der Waals surface area (Å²) < 4.78 is 39.8. The third-order valence-electron chi connectivity index (χ3n) is 5.61. The van der Waals surface area contributed by atoms with Crippen LogP contribution in [0.2, 0.25) is 0 Å². The molecule has 1 amide bonds. The number of hydrogen-bond acceptors (Lipinski definition) is 3. The van der Waals surface area contributed by atoms with Gasteiger partial charge in [-0.25, -0.2) is 0 Å². The molecular formula is C19H26F3N3O. The van der Waals surface area contributed by atoms with E-state index in [4.69, 9.17) is 0 Å². The number of nitrogens with zero attached hydrogens (tertiary/aromatic N) is 1. The highest BCUT2D eigenvalue weighted by Crippen LogP contribution is 2.47. The number of piperidine rings is 1. The van der Waals surface area contributed by atoms with Crippen LogP contribution in [0.25, 0.3) is 0 Å². The first-order chi connectivity index (χ1) is 12.4. The van der Waals surface area contributed by atoms with Gasteiger partial charge in [-0.05, 0) is 45.0 Å². The minimum atomic E-state index is -4.84. The predicted molar refractivity (Wildman–Crippen MR) is 93.8 cm³/mol. The van der Waals surface area contributed by atoms with Crippen LogP contribution in [-0.4, -0.2) is 56.3 Å². The van der Waals surface area contributed by atoms with Crippen molar-refractivity contribution in [1.82, 2.24) is 15.5 Å². The van der Waals surface area contributed by atoms with Gasteiger partial charge in [0, 0.05) is 30.5 Å². The molecule has 1 heterocycles. The highest BCUT2D eigenvalue weighted by Gasteiger charge is 2.53. The summed E-state index contributed by atoms with van der Waals surface area (Å²) in [4.78, 5) is 13.3. The van der Waals surface area contributed by atoms with Gasteiger partial charge in [-0.1, -0.05) is 30.3 Å². The van der Waals surface area contributed by atoms with E-state index in [0.717, 1.165) is 36.4 Å². The van der Waals surface area contributed by atoms with Crippen molar-refractivity contribution in [2.24, 2.45) is 5.41 Å². The number of carbonyl (C=O) groups excluding carboxylic acids is 1. The highest BCUT2D eigenvalue weighted by atomic mass is 19.4. The maximum atomic E-state index is 13.3. The molecule has 0 radical (unpaired) electrons. The first kappa shape index (κ1) is 19.2. The van der Waals surface area contributed by atoms with Gasteiger partial charge in [-0.3, -0.25) is 4.79 Å². The summed E-state index contributed by atoms with van der Waals surface area (Å²) >= 11 is 0. The fraction of sp³-hybridized carbons (Fsp3) is 0.632. The van der Waals surface area contributed by atoms with Crippen molar-refractivity contribution in [3.05, 3.63) is 35.9 Å². The number of hydrogen-bond donors (Lipinski definition) is 2. The molecule has 2 N–H and O–H groups in total. The molecule has 4 nitrogen and oxygen atoms in total. The van der Waals surface area contributed by atoms with Crippen molar-refractivity contribution in [2.45, 2.75) is 37.4 Å². The molecule has 1 saturated carbocycles. The minimum Gasteiger partial charge on any atom is -0.331 e. The van der Waals surface area contributed by atoms with Crippen LogP contribution in [-0.2, 0) is 4.79 Å². The highest BCUT2D eigenvalue weighted by molar-refractivity contribution is 5.82. The van der Waals surface area contributed by atoms with Crippen LogP contribution in [0, 0.1) is 5.41 Å². The average Bonchev–Trinajstić information content (AvgIpc) is 3.41. The second kappa shape index (κ2) is 7.56. The van der Waals surface area contributed by atoms with E-state index < -0.39 is 12.1 Å². The van der Waals surface area contributed by atoms with Crippen LogP contribution < -0.4 is 10.6 Å². The van der Waals surface area contributed by atoms with Gasteiger partial charge in [0.15, 0.2) is 0 Å². The normalized spacial score (nSPS) is 24.9. The summed E-state index contributed by atoms with van der Waals surface area (Å²) in [5, 5.41) is 6.37. The summed E-state index contributed by atoms with van der Waals surface area (Å²) in [6.07, 6.45) is -2.71. The Kier molecular flexibility index (Phi) is 5.58. The van der Waals surface area contributed by atoms with E-state index in [1.807, 2.05) is 37.4 Å². The Hall–Kier alpha value is -1.60. The quantitative estimate of drug-likeness (QED) is 0.810. The summed E-state index contributed by atoms with van der Waals surface area (Å²) in [5.41, 5.74) is 0.690. The largest absolute Gasteiger partial charge is 0.471 e. The van der Waals surface area contributed by atoms with Crippen LogP contribution >= 0.6 is 0 Å². The van der Waals surface area contributed by atoms with Crippen molar-refractivity contribution < 1.29 is 18.0 Å². The molecule has 3 rings (SSSR count). The van der Waals surface area contributed by atoms with Gasteiger partial charge >= 0.3 is 12.1 Å². The Morgan fingerprint density at radius 2 is 1.92 bits per heavy atom. The zero-order valence-electron chi connectivity index (χ0n) is 15.0. The van der Waals surface area contributed by atoms with Gasteiger partial charge in [0.1, 0.15) is 0 Å². The van der Waals surface area contributed by atoms with Gasteiger partial charge in [0.25, 0.3) is 0 Å². The van der Waals surface area contributed by atoms with Gasteiger partial charge in [0.05, 0.1) is 0 Å². The van der Waals surface area contributed by atoms with E-state index in [0.29, 0.717) is 13.0 Å². The smallest absolute Gasteiger partial charge is 0.331 e. The van der Waals surface area contributed by atoms with Gasteiger partial charge in [-0.2, -0.15) is 13.2 Å². The van der Waals surface area contributed by atoms with E-state index in [-0.39, 0.29) is 23.9 Å². The number of benzene rings is 1. The van der Waals surface area contributed by atoms with Crippen molar-refractivity contribution in [3.8, 4) is 0 Å². The van der Waals surface area contributed by atoms with Crippen molar-refractivity contribution in [2.75, 3.05) is 33.2 Å². The molecule has 1 aromatic rings. The van der Waals surface area contributed by atoms with E-state index in [1.54, 1.807) is 0 Å². The van der Waals surface area contributed by atoms with E-state index in [1.165, 1.54) is 0 Å². The molecule has 2 fully saturated rings. The fourth-order valence-electron chi connectivity index (χ4n) is 4.17. The molecule has 0 bridgehead atoms. The van der Waals surface area contributed by atoms with Gasteiger partial charge in [0.2, 0.25) is 0 Å². The summed E-state index contributed by atoms with van der Waals surface area (Å²) in [6.45, 7) is 2.30. The van der Waals surface area contributed by atoms with Crippen LogP contribution in [0.5, 0.6) is 0 Å². The maximum Gasteiger partial charge on any atom is 0.471 e. The molecule has 1 aliphatic heterocycles. The molecule has 2 atom stereocenters. The molecule has 7 heteroatoms. The molecular weight excluding hydrogens is 343 g/mol. The average molecular weight is 369 g/mol. The molecule has 26 heavy (non-hydrogen) atoms. The summed E-state index contributed by atoms with van der Waals surface area (Å²) in [5.74, 6) is -1.70. The molecule has 1 aliphatic carbocycles. The molecule has 2 aliphatic rings. The standard InChI is InChI=1S/C19H26F3N3O/c1-23-12-18(7-9-24-10-8-18)13-25(17(26)19(20,21)22)16-11-15(16)14-5-3-2-4-6-14/h2-6,15-16,23-24H,7-13H2,1H3. The van der Waals surface area contributed by atoms with E-state index >= 15 is 0 Å². The van der Waals surface area contributed by atoms with E-state index in [9.17, 15) is 18.0 Å². The predicted octanol–water partition coefficient (Wildman–Crippen LogP) is 2.52. The SMILES string of the molecule is CNCC1(CN(C(=O)C(F)(F)F)C2CC2c2ccccc2)CCNCC1. The Bertz CT molecular complexity index is 609.